The molecule has 1 N–H and O–H groups in total. The SMILES string of the molecule is Cc1nc(CN(C)S(=O)(=O)c2ccc(Br)s2)n[nH]1. The van der Waals surface area contributed by atoms with Crippen LogP contribution < -0.4 is 0 Å². The zero-order valence-corrected chi connectivity index (χ0v) is 12.9. The second-order valence-corrected chi connectivity index (χ2v) is 8.39. The fraction of sp³-hybridized carbons (Fsp3) is 0.333. The third-order valence-corrected chi connectivity index (χ3v) is 6.12. The number of halogens is 1. The van der Waals surface area contributed by atoms with Gasteiger partial charge in [-0.1, -0.05) is 0 Å². The molecule has 18 heavy (non-hydrogen) atoms. The number of nitrogens with zero attached hydrogens (tertiary/aromatic N) is 3. The van der Waals surface area contributed by atoms with Gasteiger partial charge in [0.05, 0.1) is 10.3 Å². The molecule has 2 rings (SSSR count). The lowest BCUT2D eigenvalue weighted by atomic mass is 10.6. The molecule has 0 amide bonds. The van der Waals surface area contributed by atoms with E-state index >= 15 is 0 Å². The van der Waals surface area contributed by atoms with Crippen molar-refractivity contribution in [2.45, 2.75) is 17.7 Å². The molecule has 2 aromatic rings. The maximum Gasteiger partial charge on any atom is 0.252 e. The quantitative estimate of drug-likeness (QED) is 0.910. The summed E-state index contributed by atoms with van der Waals surface area (Å²) in [4.78, 5) is 4.08. The van der Waals surface area contributed by atoms with Gasteiger partial charge in [0.25, 0.3) is 10.0 Å². The van der Waals surface area contributed by atoms with Crippen LogP contribution in [0.3, 0.4) is 0 Å². The minimum atomic E-state index is -3.48. The molecular weight excluding hydrogens is 340 g/mol. The van der Waals surface area contributed by atoms with E-state index in [2.05, 4.69) is 31.1 Å². The molecule has 0 fully saturated rings. The van der Waals surface area contributed by atoms with E-state index in [-0.39, 0.29) is 6.54 Å². The average molecular weight is 351 g/mol. The maximum atomic E-state index is 12.2. The van der Waals surface area contributed by atoms with Gasteiger partial charge in [0.1, 0.15) is 10.0 Å². The Kier molecular flexibility index (Phi) is 3.85. The van der Waals surface area contributed by atoms with Crippen molar-refractivity contribution in [3.8, 4) is 0 Å². The van der Waals surface area contributed by atoms with Gasteiger partial charge in [-0.05, 0) is 35.0 Å². The molecule has 0 unspecified atom stereocenters. The number of sulfonamides is 1. The summed E-state index contributed by atoms with van der Waals surface area (Å²) in [7, 11) is -1.97. The smallest absolute Gasteiger partial charge is 0.252 e. The van der Waals surface area contributed by atoms with Gasteiger partial charge >= 0.3 is 0 Å². The van der Waals surface area contributed by atoms with Crippen LogP contribution >= 0.6 is 27.3 Å². The molecule has 98 valence electrons. The molecule has 9 heteroatoms. The maximum absolute atomic E-state index is 12.2. The fourth-order valence-electron chi connectivity index (χ4n) is 1.33. The zero-order valence-electron chi connectivity index (χ0n) is 9.71. The van der Waals surface area contributed by atoms with E-state index in [0.717, 1.165) is 3.79 Å². The molecule has 0 bridgehead atoms. The molecule has 0 spiro atoms. The van der Waals surface area contributed by atoms with Crippen molar-refractivity contribution in [2.75, 3.05) is 7.05 Å². The zero-order chi connectivity index (χ0) is 13.3. The van der Waals surface area contributed by atoms with E-state index in [1.807, 2.05) is 0 Å². The fourth-order valence-corrected chi connectivity index (χ4v) is 4.68. The first-order valence-corrected chi connectivity index (χ1v) is 8.04. The minimum absolute atomic E-state index is 0.141. The second kappa shape index (κ2) is 5.08. The Bertz CT molecular complexity index is 649. The molecule has 0 aliphatic rings. The summed E-state index contributed by atoms with van der Waals surface area (Å²) in [5.74, 6) is 1.11. The predicted molar refractivity (Wildman–Crippen MR) is 71.8 cm³/mol. The van der Waals surface area contributed by atoms with E-state index in [9.17, 15) is 8.42 Å². The Labute approximate surface area is 117 Å². The lowest BCUT2D eigenvalue weighted by Gasteiger charge is -2.13. The number of aromatic amines is 1. The molecule has 0 aromatic carbocycles. The largest absolute Gasteiger partial charge is 0.263 e. The molecule has 2 aromatic heterocycles. The highest BCUT2D eigenvalue weighted by Gasteiger charge is 2.23. The van der Waals surface area contributed by atoms with Gasteiger partial charge in [0.15, 0.2) is 5.82 Å². The Morgan fingerprint density at radius 3 is 2.72 bits per heavy atom. The van der Waals surface area contributed by atoms with E-state index in [1.54, 1.807) is 19.1 Å². The third-order valence-electron chi connectivity index (χ3n) is 2.22. The summed E-state index contributed by atoms with van der Waals surface area (Å²) in [5.41, 5.74) is 0. The lowest BCUT2D eigenvalue weighted by molar-refractivity contribution is 0.459. The van der Waals surface area contributed by atoms with Gasteiger partial charge in [0, 0.05) is 7.05 Å². The number of hydrogen-bond acceptors (Lipinski definition) is 5. The van der Waals surface area contributed by atoms with Crippen LogP contribution in [0.1, 0.15) is 11.6 Å². The van der Waals surface area contributed by atoms with Gasteiger partial charge in [-0.15, -0.1) is 11.3 Å². The Balaban J connectivity index is 2.20. The number of nitrogens with one attached hydrogen (secondary N) is 1. The molecular formula is C9H11BrN4O2S2. The monoisotopic (exact) mass is 350 g/mol. The first-order valence-electron chi connectivity index (χ1n) is 4.99. The van der Waals surface area contributed by atoms with E-state index in [0.29, 0.717) is 15.9 Å². The number of rotatable bonds is 4. The number of thiophene rings is 1. The highest BCUT2D eigenvalue weighted by atomic mass is 79.9. The van der Waals surface area contributed by atoms with Crippen LogP contribution in [-0.2, 0) is 16.6 Å². The van der Waals surface area contributed by atoms with E-state index in [4.69, 9.17) is 0 Å². The highest BCUT2D eigenvalue weighted by Crippen LogP contribution is 2.28. The van der Waals surface area contributed by atoms with Crippen LogP contribution in [0.25, 0.3) is 0 Å². The van der Waals surface area contributed by atoms with Gasteiger partial charge < -0.3 is 0 Å². The van der Waals surface area contributed by atoms with Gasteiger partial charge in [-0.3, -0.25) is 5.10 Å². The summed E-state index contributed by atoms with van der Waals surface area (Å²) < 4.78 is 26.7. The first kappa shape index (κ1) is 13.7. The molecule has 0 saturated carbocycles. The van der Waals surface area contributed by atoms with Crippen molar-refractivity contribution >= 4 is 37.3 Å². The standard InChI is InChI=1S/C9H11BrN4O2S2/c1-6-11-8(13-12-6)5-14(2)18(15,16)9-4-3-7(10)17-9/h3-4H,5H2,1-2H3,(H,11,12,13). The molecule has 0 radical (unpaired) electrons. The van der Waals surface area contributed by atoms with E-state index < -0.39 is 10.0 Å². The highest BCUT2D eigenvalue weighted by molar-refractivity contribution is 9.11. The molecule has 0 atom stereocenters. The van der Waals surface area contributed by atoms with Crippen LogP contribution in [0.5, 0.6) is 0 Å². The third kappa shape index (κ3) is 2.79. The second-order valence-electron chi connectivity index (χ2n) is 3.66. The van der Waals surface area contributed by atoms with Crippen molar-refractivity contribution in [3.63, 3.8) is 0 Å². The normalized spacial score (nSPS) is 12.2. The number of H-pyrrole nitrogens is 1. The Hall–Kier alpha value is -0.770. The van der Waals surface area contributed by atoms with Crippen LogP contribution in [0.15, 0.2) is 20.1 Å². The Morgan fingerprint density at radius 2 is 2.22 bits per heavy atom. The number of hydrogen-bond donors (Lipinski definition) is 1. The molecule has 0 aliphatic heterocycles. The number of aromatic nitrogens is 3. The van der Waals surface area contributed by atoms with Crippen molar-refractivity contribution < 1.29 is 8.42 Å². The van der Waals surface area contributed by atoms with Crippen molar-refractivity contribution in [1.29, 1.82) is 0 Å². The van der Waals surface area contributed by atoms with Crippen molar-refractivity contribution in [3.05, 3.63) is 27.6 Å². The van der Waals surface area contributed by atoms with Crippen LogP contribution in [-0.4, -0.2) is 35.0 Å². The van der Waals surface area contributed by atoms with Crippen LogP contribution in [0, 0.1) is 6.92 Å². The van der Waals surface area contributed by atoms with E-state index in [1.165, 1.54) is 22.7 Å². The summed E-state index contributed by atoms with van der Waals surface area (Å²) in [6.45, 7) is 1.91. The van der Waals surface area contributed by atoms with Crippen LogP contribution in [0.4, 0.5) is 0 Å². The van der Waals surface area contributed by atoms with Gasteiger partial charge in [-0.2, -0.15) is 9.40 Å². The van der Waals surface area contributed by atoms with Gasteiger partial charge in [0.2, 0.25) is 0 Å². The predicted octanol–water partition coefficient (Wildman–Crippen LogP) is 1.76. The molecule has 6 nitrogen and oxygen atoms in total. The Morgan fingerprint density at radius 1 is 1.50 bits per heavy atom. The summed E-state index contributed by atoms with van der Waals surface area (Å²) in [5, 5.41) is 6.60. The molecule has 0 saturated heterocycles. The van der Waals surface area contributed by atoms with Gasteiger partial charge in [-0.25, -0.2) is 13.4 Å². The average Bonchev–Trinajstić information content (AvgIpc) is 2.88. The van der Waals surface area contributed by atoms with Crippen LogP contribution in [0.2, 0.25) is 0 Å². The lowest BCUT2D eigenvalue weighted by Crippen LogP contribution is -2.26. The topological polar surface area (TPSA) is 79.0 Å². The first-order chi connectivity index (χ1) is 8.39. The van der Waals surface area contributed by atoms with Crippen molar-refractivity contribution in [1.82, 2.24) is 19.5 Å². The van der Waals surface area contributed by atoms with Crippen molar-refractivity contribution in [2.24, 2.45) is 0 Å². The summed E-state index contributed by atoms with van der Waals surface area (Å²) in [6, 6.07) is 3.28. The molecule has 2 heterocycles. The summed E-state index contributed by atoms with van der Waals surface area (Å²) in [6.07, 6.45) is 0. The number of aryl methyl sites for hydroxylation is 1. The summed E-state index contributed by atoms with van der Waals surface area (Å²) >= 11 is 4.43. The molecule has 0 aliphatic carbocycles. The minimum Gasteiger partial charge on any atom is -0.263 e.